The number of hydrogen-bond donors (Lipinski definition) is 2. The van der Waals surface area contributed by atoms with Crippen LogP contribution in [0.3, 0.4) is 0 Å². The summed E-state index contributed by atoms with van der Waals surface area (Å²) < 4.78 is 53.1. The van der Waals surface area contributed by atoms with Crippen LogP contribution in [-0.2, 0) is 31.0 Å². The molecular formula is C39H38F3N5O5S. The Morgan fingerprint density at radius 1 is 0.925 bits per heavy atom. The molecule has 1 atom stereocenters. The molecule has 5 aromatic rings. The standard InChI is InChI=1S/C39H38F3N5O5S/c1-3-4-5-6-21-47(37(49)43-27-11-9-26(10-12-27)39(40,41)42)28-13-17-30(18-14-28)52-31-19-20-32-33(23-31)46(2)35(44-32)24-51-29-15-7-25(8-16-29)22-34-36(48)45-38(50)53-34/h7-20,23,34H,3-6,21-22,24H2,1-2H3,(H,43,49)(H,45,48,50). The van der Waals surface area contributed by atoms with Crippen molar-refractivity contribution in [1.82, 2.24) is 14.9 Å². The number of rotatable bonds is 14. The van der Waals surface area contributed by atoms with Crippen LogP contribution in [0.25, 0.3) is 11.0 Å². The maximum atomic E-state index is 13.3. The minimum Gasteiger partial charge on any atom is -0.486 e. The Morgan fingerprint density at radius 3 is 2.28 bits per heavy atom. The lowest BCUT2D eigenvalue weighted by Crippen LogP contribution is -2.35. The molecule has 6 rings (SSSR count). The van der Waals surface area contributed by atoms with E-state index in [1.165, 1.54) is 12.1 Å². The molecule has 0 bridgehead atoms. The number of imide groups is 1. The van der Waals surface area contributed by atoms with Crippen LogP contribution in [0.5, 0.6) is 17.2 Å². The van der Waals surface area contributed by atoms with Crippen molar-refractivity contribution in [2.45, 2.75) is 57.1 Å². The van der Waals surface area contributed by atoms with Crippen LogP contribution < -0.4 is 25.0 Å². The zero-order chi connectivity index (χ0) is 37.5. The summed E-state index contributed by atoms with van der Waals surface area (Å²) in [5.74, 6) is 2.22. The number of hydrogen-bond acceptors (Lipinski definition) is 7. The molecule has 1 aliphatic rings. The molecule has 0 aliphatic carbocycles. The number of anilines is 2. The number of aromatic nitrogens is 2. The number of halogens is 3. The summed E-state index contributed by atoms with van der Waals surface area (Å²) in [7, 11) is 1.89. The van der Waals surface area contributed by atoms with Crippen molar-refractivity contribution in [2.75, 3.05) is 16.8 Å². The minimum atomic E-state index is -4.46. The fourth-order valence-electron chi connectivity index (χ4n) is 5.83. The van der Waals surface area contributed by atoms with E-state index in [1.54, 1.807) is 29.2 Å². The number of thioether (sulfide) groups is 1. The third-order valence-electron chi connectivity index (χ3n) is 8.75. The van der Waals surface area contributed by atoms with E-state index in [2.05, 4.69) is 17.6 Å². The minimum absolute atomic E-state index is 0.221. The summed E-state index contributed by atoms with van der Waals surface area (Å²) >= 11 is 1.00. The Labute approximate surface area is 308 Å². The zero-order valence-corrected chi connectivity index (χ0v) is 29.9. The monoisotopic (exact) mass is 745 g/mol. The van der Waals surface area contributed by atoms with Crippen LogP contribution in [0.4, 0.5) is 34.1 Å². The number of carbonyl (C=O) groups is 3. The van der Waals surface area contributed by atoms with Crippen LogP contribution in [0.1, 0.15) is 49.6 Å². The number of unbranched alkanes of at least 4 members (excludes halogenated alkanes) is 3. The van der Waals surface area contributed by atoms with E-state index in [1.807, 2.05) is 54.1 Å². The maximum absolute atomic E-state index is 13.3. The van der Waals surface area contributed by atoms with Gasteiger partial charge in [0.2, 0.25) is 5.91 Å². The van der Waals surface area contributed by atoms with Gasteiger partial charge in [-0.1, -0.05) is 50.1 Å². The summed E-state index contributed by atoms with van der Waals surface area (Å²) in [5.41, 5.74) is 2.63. The van der Waals surface area contributed by atoms with Crippen molar-refractivity contribution >= 4 is 51.3 Å². The number of urea groups is 1. The first-order chi connectivity index (χ1) is 25.5. The first-order valence-electron chi connectivity index (χ1n) is 17.2. The van der Waals surface area contributed by atoms with Gasteiger partial charge in [-0.05, 0) is 91.2 Å². The van der Waals surface area contributed by atoms with Gasteiger partial charge in [0.15, 0.2) is 0 Å². The fourth-order valence-corrected chi connectivity index (χ4v) is 6.69. The molecule has 1 saturated heterocycles. The van der Waals surface area contributed by atoms with Gasteiger partial charge in [0.1, 0.15) is 29.7 Å². The summed E-state index contributed by atoms with van der Waals surface area (Å²) in [5, 5.41) is 4.28. The molecule has 2 heterocycles. The SMILES string of the molecule is CCCCCCN(C(=O)Nc1ccc(C(F)(F)F)cc1)c1ccc(Oc2ccc3nc(COc4ccc(CC5SC(=O)NC5=O)cc4)n(C)c3c2)cc1. The molecule has 1 aliphatic heterocycles. The van der Waals surface area contributed by atoms with Crippen LogP contribution in [-0.4, -0.2) is 38.5 Å². The maximum Gasteiger partial charge on any atom is 0.416 e. The smallest absolute Gasteiger partial charge is 0.416 e. The molecule has 2 N–H and O–H groups in total. The predicted octanol–water partition coefficient (Wildman–Crippen LogP) is 9.48. The highest BCUT2D eigenvalue weighted by molar-refractivity contribution is 8.15. The average Bonchev–Trinajstić information content (AvgIpc) is 3.63. The molecule has 10 nitrogen and oxygen atoms in total. The molecule has 1 aromatic heterocycles. The molecule has 0 saturated carbocycles. The van der Waals surface area contributed by atoms with Gasteiger partial charge >= 0.3 is 12.2 Å². The normalized spacial score (nSPS) is 14.3. The van der Waals surface area contributed by atoms with E-state index >= 15 is 0 Å². The number of ether oxygens (including phenoxy) is 2. The van der Waals surface area contributed by atoms with Crippen molar-refractivity contribution in [3.05, 3.63) is 108 Å². The number of fused-ring (bicyclic) bond motifs is 1. The van der Waals surface area contributed by atoms with Crippen molar-refractivity contribution in [3.8, 4) is 17.2 Å². The van der Waals surface area contributed by atoms with E-state index in [0.717, 1.165) is 66.2 Å². The molecule has 0 radical (unpaired) electrons. The second kappa shape index (κ2) is 16.4. The quantitative estimate of drug-likeness (QED) is 0.109. The number of imidazole rings is 1. The van der Waals surface area contributed by atoms with E-state index in [-0.39, 0.29) is 23.4 Å². The number of aryl methyl sites for hydroxylation is 1. The van der Waals surface area contributed by atoms with E-state index in [9.17, 15) is 27.6 Å². The second-order valence-corrected chi connectivity index (χ2v) is 13.7. The lowest BCUT2D eigenvalue weighted by molar-refractivity contribution is -0.137. The van der Waals surface area contributed by atoms with Gasteiger partial charge in [-0.25, -0.2) is 9.78 Å². The topological polar surface area (TPSA) is 115 Å². The number of benzene rings is 4. The van der Waals surface area contributed by atoms with Crippen molar-refractivity contribution < 1.29 is 37.0 Å². The number of carbonyl (C=O) groups excluding carboxylic acids is 3. The number of amides is 4. The molecule has 14 heteroatoms. The number of alkyl halides is 3. The average molecular weight is 746 g/mol. The van der Waals surface area contributed by atoms with Crippen LogP contribution in [0, 0.1) is 0 Å². The van der Waals surface area contributed by atoms with Gasteiger partial charge in [-0.2, -0.15) is 13.2 Å². The van der Waals surface area contributed by atoms with E-state index < -0.39 is 23.0 Å². The largest absolute Gasteiger partial charge is 0.486 e. The van der Waals surface area contributed by atoms with Crippen LogP contribution >= 0.6 is 11.8 Å². The van der Waals surface area contributed by atoms with Gasteiger partial charge in [0.25, 0.3) is 5.24 Å². The summed E-state index contributed by atoms with van der Waals surface area (Å²) in [6.07, 6.45) is -0.247. The molecule has 276 valence electrons. The van der Waals surface area contributed by atoms with Crippen molar-refractivity contribution in [1.29, 1.82) is 0 Å². The first-order valence-corrected chi connectivity index (χ1v) is 18.1. The number of nitrogens with zero attached hydrogens (tertiary/aromatic N) is 3. The highest BCUT2D eigenvalue weighted by atomic mass is 32.2. The van der Waals surface area contributed by atoms with Crippen LogP contribution in [0.2, 0.25) is 0 Å². The lowest BCUT2D eigenvalue weighted by Gasteiger charge is -2.24. The Balaban J connectivity index is 1.08. The van der Waals surface area contributed by atoms with Gasteiger partial charge in [0, 0.05) is 31.0 Å². The van der Waals surface area contributed by atoms with Gasteiger partial charge in [-0.3, -0.25) is 19.8 Å². The summed E-state index contributed by atoms with van der Waals surface area (Å²) in [4.78, 5) is 42.9. The lowest BCUT2D eigenvalue weighted by atomic mass is 10.1. The zero-order valence-electron chi connectivity index (χ0n) is 29.1. The summed E-state index contributed by atoms with van der Waals surface area (Å²) in [6, 6.07) is 24.0. The van der Waals surface area contributed by atoms with Gasteiger partial charge < -0.3 is 19.4 Å². The van der Waals surface area contributed by atoms with Gasteiger partial charge in [0.05, 0.1) is 21.8 Å². The Kier molecular flexibility index (Phi) is 11.6. The molecule has 4 aromatic carbocycles. The number of nitrogens with one attached hydrogen (secondary N) is 2. The van der Waals surface area contributed by atoms with Crippen molar-refractivity contribution in [2.24, 2.45) is 7.05 Å². The third kappa shape index (κ3) is 9.49. The molecule has 1 unspecified atom stereocenters. The summed E-state index contributed by atoms with van der Waals surface area (Å²) in [6.45, 7) is 2.76. The van der Waals surface area contributed by atoms with Crippen molar-refractivity contribution in [3.63, 3.8) is 0 Å². The second-order valence-electron chi connectivity index (χ2n) is 12.6. The Hall–Kier alpha value is -5.50. The highest BCUT2D eigenvalue weighted by Gasteiger charge is 2.32. The fraction of sp³-hybridized carbons (Fsp3) is 0.282. The van der Waals surface area contributed by atoms with Gasteiger partial charge in [-0.15, -0.1) is 0 Å². The molecular weight excluding hydrogens is 708 g/mol. The van der Waals surface area contributed by atoms with E-state index in [4.69, 9.17) is 14.5 Å². The molecule has 1 fully saturated rings. The Morgan fingerprint density at radius 2 is 1.62 bits per heavy atom. The van der Waals surface area contributed by atoms with Crippen LogP contribution in [0.15, 0.2) is 91.0 Å². The van der Waals surface area contributed by atoms with E-state index in [0.29, 0.717) is 41.7 Å². The predicted molar refractivity (Wildman–Crippen MR) is 199 cm³/mol. The first kappa shape index (κ1) is 37.3. The Bertz CT molecular complexity index is 2070. The highest BCUT2D eigenvalue weighted by Crippen LogP contribution is 2.31. The third-order valence-corrected chi connectivity index (χ3v) is 9.73. The molecule has 53 heavy (non-hydrogen) atoms. The molecule has 0 spiro atoms. The molecule has 4 amide bonds.